The highest BCUT2D eigenvalue weighted by Crippen LogP contribution is 2.20. The van der Waals surface area contributed by atoms with Gasteiger partial charge in [-0.3, -0.25) is 9.59 Å². The fourth-order valence-corrected chi connectivity index (χ4v) is 1.27. The number of rotatable bonds is 5. The Morgan fingerprint density at radius 3 is 1.88 bits per heavy atom. The molecule has 0 radical (unpaired) electrons. The molecule has 0 aromatic heterocycles. The van der Waals surface area contributed by atoms with Crippen LogP contribution in [0.25, 0.3) is 0 Å². The second-order valence-electron chi connectivity index (χ2n) is 6.00. The predicted molar refractivity (Wildman–Crippen MR) is 69.5 cm³/mol. The molecule has 2 amide bonds. The standard InChI is InChI=1S/C13H26N2O2/c1-7-14-11(17)13(5,6)8-9-15-10(16)12(2,3)4/h7-9H2,1-6H3,(H,14,17)(H,15,16). The van der Waals surface area contributed by atoms with Crippen LogP contribution >= 0.6 is 0 Å². The molecule has 4 heteroatoms. The summed E-state index contributed by atoms with van der Waals surface area (Å²) in [6.07, 6.45) is 0.640. The lowest BCUT2D eigenvalue weighted by Crippen LogP contribution is -2.41. The van der Waals surface area contributed by atoms with Crippen molar-refractivity contribution in [2.45, 2.75) is 48.0 Å². The molecular formula is C13H26N2O2. The van der Waals surface area contributed by atoms with E-state index >= 15 is 0 Å². The largest absolute Gasteiger partial charge is 0.356 e. The lowest BCUT2D eigenvalue weighted by molar-refractivity contribution is -0.131. The van der Waals surface area contributed by atoms with Crippen molar-refractivity contribution in [1.29, 1.82) is 0 Å². The van der Waals surface area contributed by atoms with Crippen molar-refractivity contribution in [2.75, 3.05) is 13.1 Å². The second-order valence-corrected chi connectivity index (χ2v) is 6.00. The Balaban J connectivity index is 4.12. The van der Waals surface area contributed by atoms with Crippen LogP contribution in [0, 0.1) is 10.8 Å². The molecule has 2 N–H and O–H groups in total. The van der Waals surface area contributed by atoms with Crippen LogP contribution in [0.4, 0.5) is 0 Å². The zero-order chi connectivity index (χ0) is 13.7. The molecule has 0 bridgehead atoms. The predicted octanol–water partition coefficient (Wildman–Crippen LogP) is 1.70. The van der Waals surface area contributed by atoms with E-state index in [2.05, 4.69) is 10.6 Å². The SMILES string of the molecule is CCNC(=O)C(C)(C)CCNC(=O)C(C)(C)C. The van der Waals surface area contributed by atoms with Crippen molar-refractivity contribution in [2.24, 2.45) is 10.8 Å². The van der Waals surface area contributed by atoms with Crippen LogP contribution in [0.2, 0.25) is 0 Å². The number of carbonyl (C=O) groups excluding carboxylic acids is 2. The van der Waals surface area contributed by atoms with Crippen molar-refractivity contribution < 1.29 is 9.59 Å². The number of nitrogens with one attached hydrogen (secondary N) is 2. The molecule has 0 unspecified atom stereocenters. The van der Waals surface area contributed by atoms with E-state index in [9.17, 15) is 9.59 Å². The van der Waals surface area contributed by atoms with Crippen LogP contribution in [-0.4, -0.2) is 24.9 Å². The fourth-order valence-electron chi connectivity index (χ4n) is 1.27. The molecule has 100 valence electrons. The van der Waals surface area contributed by atoms with Gasteiger partial charge in [-0.1, -0.05) is 34.6 Å². The van der Waals surface area contributed by atoms with E-state index in [1.54, 1.807) is 0 Å². The third kappa shape index (κ3) is 5.71. The van der Waals surface area contributed by atoms with Gasteiger partial charge in [0.25, 0.3) is 0 Å². The quantitative estimate of drug-likeness (QED) is 0.771. The maximum atomic E-state index is 11.7. The number of hydrogen-bond acceptors (Lipinski definition) is 2. The third-order valence-electron chi connectivity index (χ3n) is 2.67. The molecule has 4 nitrogen and oxygen atoms in total. The molecule has 0 aliphatic rings. The summed E-state index contributed by atoms with van der Waals surface area (Å²) in [6, 6.07) is 0. The van der Waals surface area contributed by atoms with Crippen LogP contribution in [0.3, 0.4) is 0 Å². The number of carbonyl (C=O) groups is 2. The van der Waals surface area contributed by atoms with Crippen LogP contribution in [0.5, 0.6) is 0 Å². The number of amides is 2. The van der Waals surface area contributed by atoms with Crippen LogP contribution in [0.1, 0.15) is 48.0 Å². The Labute approximate surface area is 105 Å². The maximum absolute atomic E-state index is 11.7. The van der Waals surface area contributed by atoms with Gasteiger partial charge >= 0.3 is 0 Å². The summed E-state index contributed by atoms with van der Waals surface area (Å²) in [4.78, 5) is 23.3. The first-order chi connectivity index (χ1) is 7.61. The minimum Gasteiger partial charge on any atom is -0.356 e. The van der Waals surface area contributed by atoms with Crippen molar-refractivity contribution in [1.82, 2.24) is 10.6 Å². The van der Waals surface area contributed by atoms with Crippen molar-refractivity contribution in [3.8, 4) is 0 Å². The van der Waals surface area contributed by atoms with Gasteiger partial charge in [0.2, 0.25) is 11.8 Å². The monoisotopic (exact) mass is 242 g/mol. The van der Waals surface area contributed by atoms with Crippen molar-refractivity contribution in [3.63, 3.8) is 0 Å². The van der Waals surface area contributed by atoms with Crippen molar-refractivity contribution in [3.05, 3.63) is 0 Å². The summed E-state index contributed by atoms with van der Waals surface area (Å²) in [6.45, 7) is 12.5. The average molecular weight is 242 g/mol. The Hall–Kier alpha value is -1.06. The van der Waals surface area contributed by atoms with Crippen LogP contribution in [0.15, 0.2) is 0 Å². The highest BCUT2D eigenvalue weighted by atomic mass is 16.2. The normalized spacial score (nSPS) is 12.1. The van der Waals surface area contributed by atoms with Crippen LogP contribution < -0.4 is 10.6 Å². The Kier molecular flexibility index (Phi) is 5.66. The average Bonchev–Trinajstić information content (AvgIpc) is 2.16. The molecule has 0 aromatic carbocycles. The van der Waals surface area contributed by atoms with Gasteiger partial charge in [-0.15, -0.1) is 0 Å². The molecular weight excluding hydrogens is 216 g/mol. The highest BCUT2D eigenvalue weighted by Gasteiger charge is 2.27. The van der Waals surface area contributed by atoms with Gasteiger partial charge in [0, 0.05) is 23.9 Å². The molecule has 0 rings (SSSR count). The highest BCUT2D eigenvalue weighted by molar-refractivity contribution is 5.82. The van der Waals surface area contributed by atoms with Gasteiger partial charge in [-0.05, 0) is 13.3 Å². The van der Waals surface area contributed by atoms with Gasteiger partial charge in [0.05, 0.1) is 0 Å². The summed E-state index contributed by atoms with van der Waals surface area (Å²) in [5.41, 5.74) is -0.822. The van der Waals surface area contributed by atoms with E-state index in [1.807, 2.05) is 41.5 Å². The van der Waals surface area contributed by atoms with E-state index in [1.165, 1.54) is 0 Å². The summed E-state index contributed by atoms with van der Waals surface area (Å²) in [5, 5.41) is 5.66. The van der Waals surface area contributed by atoms with Gasteiger partial charge in [0.1, 0.15) is 0 Å². The molecule has 0 spiro atoms. The lowest BCUT2D eigenvalue weighted by atomic mass is 9.88. The first-order valence-electron chi connectivity index (χ1n) is 6.18. The topological polar surface area (TPSA) is 58.2 Å². The zero-order valence-corrected chi connectivity index (χ0v) is 11.9. The molecule has 0 aliphatic heterocycles. The summed E-state index contributed by atoms with van der Waals surface area (Å²) >= 11 is 0. The van der Waals surface area contributed by atoms with E-state index in [-0.39, 0.29) is 17.2 Å². The minimum atomic E-state index is -0.443. The second kappa shape index (κ2) is 6.03. The van der Waals surface area contributed by atoms with E-state index < -0.39 is 5.41 Å². The van der Waals surface area contributed by atoms with E-state index in [0.717, 1.165) is 0 Å². The Bertz CT molecular complexity index is 278. The molecule has 0 saturated heterocycles. The zero-order valence-electron chi connectivity index (χ0n) is 11.9. The Morgan fingerprint density at radius 2 is 1.47 bits per heavy atom. The molecule has 0 heterocycles. The first-order valence-corrected chi connectivity index (χ1v) is 6.18. The summed E-state index contributed by atoms with van der Waals surface area (Å²) in [7, 11) is 0. The first kappa shape index (κ1) is 15.9. The molecule has 17 heavy (non-hydrogen) atoms. The Morgan fingerprint density at radius 1 is 0.941 bits per heavy atom. The van der Waals surface area contributed by atoms with Gasteiger partial charge in [0.15, 0.2) is 0 Å². The molecule has 0 saturated carbocycles. The van der Waals surface area contributed by atoms with Crippen molar-refractivity contribution >= 4 is 11.8 Å². The smallest absolute Gasteiger partial charge is 0.225 e. The minimum absolute atomic E-state index is 0.0178. The van der Waals surface area contributed by atoms with E-state index in [0.29, 0.717) is 19.5 Å². The third-order valence-corrected chi connectivity index (χ3v) is 2.67. The van der Waals surface area contributed by atoms with Crippen LogP contribution in [-0.2, 0) is 9.59 Å². The number of hydrogen-bond donors (Lipinski definition) is 2. The lowest BCUT2D eigenvalue weighted by Gasteiger charge is -2.24. The molecule has 0 aromatic rings. The molecule has 0 fully saturated rings. The maximum Gasteiger partial charge on any atom is 0.225 e. The van der Waals surface area contributed by atoms with Gasteiger partial charge < -0.3 is 10.6 Å². The van der Waals surface area contributed by atoms with E-state index in [4.69, 9.17) is 0 Å². The fraction of sp³-hybridized carbons (Fsp3) is 0.846. The molecule has 0 aliphatic carbocycles. The molecule has 0 atom stereocenters. The summed E-state index contributed by atoms with van der Waals surface area (Å²) < 4.78 is 0. The van der Waals surface area contributed by atoms with Gasteiger partial charge in [-0.25, -0.2) is 0 Å². The van der Waals surface area contributed by atoms with Gasteiger partial charge in [-0.2, -0.15) is 0 Å². The summed E-state index contributed by atoms with van der Waals surface area (Å²) in [5.74, 6) is 0.0502.